The molecule has 7 nitrogen and oxygen atoms in total. The van der Waals surface area contributed by atoms with Crippen molar-refractivity contribution in [3.05, 3.63) is 75.8 Å². The highest BCUT2D eigenvalue weighted by Crippen LogP contribution is 2.20. The van der Waals surface area contributed by atoms with Crippen LogP contribution in [0.25, 0.3) is 0 Å². The minimum Gasteiger partial charge on any atom is -0.466 e. The lowest BCUT2D eigenvalue weighted by molar-refractivity contribution is -0.138. The highest BCUT2D eigenvalue weighted by atomic mass is 79.9. The van der Waals surface area contributed by atoms with E-state index in [1.165, 1.54) is 12.1 Å². The fourth-order valence-corrected chi connectivity index (χ4v) is 3.55. The molecule has 0 aromatic heterocycles. The van der Waals surface area contributed by atoms with Crippen LogP contribution >= 0.6 is 15.9 Å². The van der Waals surface area contributed by atoms with E-state index in [9.17, 15) is 18.0 Å². The Kier molecular flexibility index (Phi) is 7.46. The number of benzene rings is 2. The quantitative estimate of drug-likeness (QED) is 0.358. The first-order chi connectivity index (χ1) is 13.7. The molecule has 2 aromatic rings. The summed E-state index contributed by atoms with van der Waals surface area (Å²) in [5.41, 5.74) is 0.582. The van der Waals surface area contributed by atoms with E-state index in [1.807, 2.05) is 6.92 Å². The Balaban J connectivity index is 2.75. The van der Waals surface area contributed by atoms with Crippen molar-refractivity contribution in [2.75, 3.05) is 14.2 Å². The average molecular weight is 480 g/mol. The van der Waals surface area contributed by atoms with Crippen molar-refractivity contribution in [3.63, 3.8) is 0 Å². The summed E-state index contributed by atoms with van der Waals surface area (Å²) in [5.74, 6) is -1.79. The molecule has 0 heterocycles. The van der Waals surface area contributed by atoms with Crippen LogP contribution in [-0.4, -0.2) is 40.3 Å². The van der Waals surface area contributed by atoms with Crippen molar-refractivity contribution in [3.8, 4) is 0 Å². The minimum absolute atomic E-state index is 0.0556. The van der Waals surface area contributed by atoms with Gasteiger partial charge in [-0.15, -0.1) is 0 Å². The van der Waals surface area contributed by atoms with Crippen LogP contribution in [0.2, 0.25) is 0 Å². The smallest absolute Gasteiger partial charge is 0.340 e. The van der Waals surface area contributed by atoms with E-state index in [4.69, 9.17) is 4.74 Å². The molecule has 0 bridgehead atoms. The molecule has 9 heteroatoms. The van der Waals surface area contributed by atoms with Gasteiger partial charge in [-0.2, -0.15) is 12.8 Å². The zero-order valence-electron chi connectivity index (χ0n) is 15.9. The number of carbonyl (C=O) groups is 2. The highest BCUT2D eigenvalue weighted by Gasteiger charge is 2.24. The molecule has 2 aromatic carbocycles. The Labute approximate surface area is 177 Å². The molecule has 0 spiro atoms. The summed E-state index contributed by atoms with van der Waals surface area (Å²) < 4.78 is 39.6. The molecule has 0 N–H and O–H groups in total. The van der Waals surface area contributed by atoms with Crippen LogP contribution in [0.1, 0.15) is 11.1 Å². The van der Waals surface area contributed by atoms with Gasteiger partial charge in [0.2, 0.25) is 0 Å². The zero-order chi connectivity index (χ0) is 21.6. The average Bonchev–Trinajstić information content (AvgIpc) is 2.70. The lowest BCUT2D eigenvalue weighted by Crippen LogP contribution is -2.19. The topological polar surface area (TPSA) is 99.1 Å². The second kappa shape index (κ2) is 9.62. The molecule has 152 valence electrons. The predicted octanol–water partition coefficient (Wildman–Crippen LogP) is 3.21. The third-order valence-corrected chi connectivity index (χ3v) is 5.59. The molecule has 0 radical (unpaired) electrons. The maximum absolute atomic E-state index is 12.9. The van der Waals surface area contributed by atoms with E-state index in [1.54, 1.807) is 36.4 Å². The van der Waals surface area contributed by atoms with E-state index >= 15 is 0 Å². The number of hydrogen-bond acceptors (Lipinski definition) is 6. The summed E-state index contributed by atoms with van der Waals surface area (Å²) in [4.78, 5) is 24.1. The van der Waals surface area contributed by atoms with Gasteiger partial charge < -0.3 is 9.47 Å². The Morgan fingerprint density at radius 3 is 2.07 bits per heavy atom. The molecular formula is C20H18BrNO6S. The summed E-state index contributed by atoms with van der Waals surface area (Å²) in [7, 11) is -1.94. The number of rotatable bonds is 6. The van der Waals surface area contributed by atoms with Gasteiger partial charge in [-0.05, 0) is 31.2 Å². The summed E-state index contributed by atoms with van der Waals surface area (Å²) >= 11 is 3.29. The number of carbonyl (C=O) groups excluding carboxylic acids is 2. The normalized spacial score (nSPS) is 12.4. The Hall–Kier alpha value is -2.78. The van der Waals surface area contributed by atoms with Crippen molar-refractivity contribution < 1.29 is 27.5 Å². The van der Waals surface area contributed by atoms with Gasteiger partial charge in [-0.3, -0.25) is 0 Å². The van der Waals surface area contributed by atoms with E-state index in [0.717, 1.165) is 30.3 Å². The number of methoxy groups -OCH3 is 2. The number of sulfonamides is 1. The van der Waals surface area contributed by atoms with Gasteiger partial charge in [0.05, 0.1) is 30.4 Å². The van der Waals surface area contributed by atoms with Crippen molar-refractivity contribution in [2.24, 2.45) is 4.40 Å². The molecule has 0 saturated heterocycles. The van der Waals surface area contributed by atoms with Gasteiger partial charge in [0, 0.05) is 16.1 Å². The van der Waals surface area contributed by atoms with E-state index < -0.39 is 22.0 Å². The van der Waals surface area contributed by atoms with Gasteiger partial charge >= 0.3 is 11.9 Å². The van der Waals surface area contributed by atoms with Gasteiger partial charge in [0.1, 0.15) is 0 Å². The Bertz CT molecular complexity index is 1070. The minimum atomic E-state index is -4.19. The van der Waals surface area contributed by atoms with E-state index in [2.05, 4.69) is 25.1 Å². The predicted molar refractivity (Wildman–Crippen MR) is 111 cm³/mol. The molecule has 0 unspecified atom stereocenters. The number of aryl methyl sites for hydroxylation is 1. The largest absolute Gasteiger partial charge is 0.466 e. The summed E-state index contributed by atoms with van der Waals surface area (Å²) in [6.45, 7) is 1.82. The second-order valence-electron chi connectivity index (χ2n) is 5.81. The van der Waals surface area contributed by atoms with Crippen LogP contribution in [0, 0.1) is 6.92 Å². The molecule has 0 amide bonds. The standard InChI is InChI=1S/C20H18BrNO6S/c1-13-4-10-16(11-5-13)29(25,26)22-19(14-6-8-15(21)9-7-14)17(20(24)28-3)12-18(23)27-2/h4-12H,1-3H3/b17-12+,22-19+. The molecule has 2 rings (SSSR count). The fraction of sp³-hybridized carbons (Fsp3) is 0.150. The molecule has 0 fully saturated rings. The van der Waals surface area contributed by atoms with Crippen LogP contribution in [-0.2, 0) is 29.1 Å². The van der Waals surface area contributed by atoms with Crippen molar-refractivity contribution >= 4 is 43.6 Å². The first-order valence-electron chi connectivity index (χ1n) is 8.24. The number of hydrogen-bond donors (Lipinski definition) is 0. The van der Waals surface area contributed by atoms with Crippen LogP contribution in [0.15, 0.2) is 73.9 Å². The number of nitrogens with zero attached hydrogens (tertiary/aromatic N) is 1. The molecule has 29 heavy (non-hydrogen) atoms. The fourth-order valence-electron chi connectivity index (χ4n) is 2.26. The first kappa shape index (κ1) is 22.5. The monoisotopic (exact) mass is 479 g/mol. The van der Waals surface area contributed by atoms with Crippen molar-refractivity contribution in [2.45, 2.75) is 11.8 Å². The molecule has 0 saturated carbocycles. The van der Waals surface area contributed by atoms with Crippen molar-refractivity contribution in [1.29, 1.82) is 0 Å². The first-order valence-corrected chi connectivity index (χ1v) is 10.5. The van der Waals surface area contributed by atoms with Crippen LogP contribution in [0.5, 0.6) is 0 Å². The lowest BCUT2D eigenvalue weighted by atomic mass is 10.0. The third kappa shape index (κ3) is 5.85. The lowest BCUT2D eigenvalue weighted by Gasteiger charge is -2.11. The van der Waals surface area contributed by atoms with Crippen molar-refractivity contribution in [1.82, 2.24) is 0 Å². The molecule has 0 aliphatic heterocycles. The van der Waals surface area contributed by atoms with Crippen LogP contribution in [0.4, 0.5) is 0 Å². The number of esters is 2. The van der Waals surface area contributed by atoms with Gasteiger partial charge in [0.15, 0.2) is 0 Å². The Morgan fingerprint density at radius 2 is 1.55 bits per heavy atom. The SMILES string of the molecule is COC(=O)/C=C(C(=O)OC)\C(=N\S(=O)(=O)c1ccc(C)cc1)c1ccc(Br)cc1. The third-order valence-electron chi connectivity index (χ3n) is 3.77. The maximum Gasteiger partial charge on any atom is 0.340 e. The van der Waals surface area contributed by atoms with Gasteiger partial charge in [0.25, 0.3) is 10.0 Å². The van der Waals surface area contributed by atoms with Crippen LogP contribution in [0.3, 0.4) is 0 Å². The van der Waals surface area contributed by atoms with Gasteiger partial charge in [-0.1, -0.05) is 45.8 Å². The summed E-state index contributed by atoms with van der Waals surface area (Å²) in [5, 5.41) is 0. The molecule has 0 aliphatic carbocycles. The Morgan fingerprint density at radius 1 is 0.966 bits per heavy atom. The molecule has 0 aliphatic rings. The number of ether oxygens (including phenoxy) is 2. The van der Waals surface area contributed by atoms with E-state index in [-0.39, 0.29) is 16.2 Å². The highest BCUT2D eigenvalue weighted by molar-refractivity contribution is 9.10. The van der Waals surface area contributed by atoms with Gasteiger partial charge in [-0.25, -0.2) is 9.59 Å². The summed E-state index contributed by atoms with van der Waals surface area (Å²) in [6.07, 6.45) is 0.845. The number of halogens is 1. The van der Waals surface area contributed by atoms with Crippen LogP contribution < -0.4 is 0 Å². The molecule has 0 atom stereocenters. The van der Waals surface area contributed by atoms with E-state index in [0.29, 0.717) is 5.56 Å². The second-order valence-corrected chi connectivity index (χ2v) is 8.33. The zero-order valence-corrected chi connectivity index (χ0v) is 18.3. The molecular weight excluding hydrogens is 462 g/mol. The maximum atomic E-state index is 12.9. The summed E-state index contributed by atoms with van der Waals surface area (Å²) in [6, 6.07) is 12.5.